The second kappa shape index (κ2) is 11.9. The van der Waals surface area contributed by atoms with E-state index in [1.54, 1.807) is 0 Å². The van der Waals surface area contributed by atoms with Crippen molar-refractivity contribution in [3.8, 4) is 0 Å². The Hall–Kier alpha value is -1.54. The molecule has 8 heteroatoms. The van der Waals surface area contributed by atoms with E-state index in [2.05, 4.69) is 11.8 Å². The second-order valence-corrected chi connectivity index (χ2v) is 3.66. The van der Waals surface area contributed by atoms with Crippen LogP contribution in [-0.4, -0.2) is 44.1 Å². The molecule has 1 fully saturated rings. The van der Waals surface area contributed by atoms with Crippen LogP contribution in [0.5, 0.6) is 0 Å². The van der Waals surface area contributed by atoms with Crippen LogP contribution in [0.15, 0.2) is 0 Å². The molecule has 0 heterocycles. The van der Waals surface area contributed by atoms with Crippen molar-refractivity contribution < 1.29 is 40.2 Å². The van der Waals surface area contributed by atoms with E-state index in [1.165, 1.54) is 19.3 Å². The average Bonchev–Trinajstić information content (AvgIpc) is 2.27. The summed E-state index contributed by atoms with van der Waals surface area (Å²) in [6, 6.07) is 0. The minimum atomic E-state index is -1.83. The quantitative estimate of drug-likeness (QED) is 0.379. The molecule has 0 saturated heterocycles. The summed E-state index contributed by atoms with van der Waals surface area (Å²) < 4.78 is 0. The zero-order valence-corrected chi connectivity index (χ0v) is 10.2. The molecule has 8 nitrogen and oxygen atoms in total. The Morgan fingerprint density at radius 1 is 1.06 bits per heavy atom. The Labute approximate surface area is 104 Å². The Kier molecular flexibility index (Phi) is 12.5. The highest BCUT2D eigenvalue weighted by molar-refractivity contribution is 5.53. The van der Waals surface area contributed by atoms with Gasteiger partial charge in [0.1, 0.15) is 0 Å². The van der Waals surface area contributed by atoms with Crippen LogP contribution in [0.25, 0.3) is 0 Å². The van der Waals surface area contributed by atoms with E-state index in [9.17, 15) is 0 Å². The van der Waals surface area contributed by atoms with Gasteiger partial charge in [0.25, 0.3) is 0 Å². The van der Waals surface area contributed by atoms with E-state index in [0.29, 0.717) is 5.92 Å². The van der Waals surface area contributed by atoms with Crippen LogP contribution in [0.1, 0.15) is 39.0 Å². The molecule has 1 saturated carbocycles. The first-order valence-electron chi connectivity index (χ1n) is 5.49. The summed E-state index contributed by atoms with van der Waals surface area (Å²) >= 11 is 0. The molecule has 0 aromatic heterocycles. The lowest BCUT2D eigenvalue weighted by Gasteiger charge is -2.27. The van der Waals surface area contributed by atoms with Gasteiger partial charge in [-0.2, -0.15) is 0 Å². The molecule has 18 heavy (non-hydrogen) atoms. The third kappa shape index (κ3) is 14.5. The van der Waals surface area contributed by atoms with Crippen LogP contribution >= 0.6 is 0 Å². The lowest BCUT2D eigenvalue weighted by molar-refractivity contribution is -0.295. The minimum Gasteiger partial charge on any atom is -0.450 e. The molecule has 0 spiro atoms. The molecule has 0 radical (unpaired) electrons. The van der Waals surface area contributed by atoms with Crippen LogP contribution in [-0.2, 0) is 4.89 Å². The monoisotopic (exact) mass is 268 g/mol. The number of hydrogen-bond donors (Lipinski definition) is 5. The number of carboxylic acid groups (broad SMARTS) is 4. The predicted molar refractivity (Wildman–Crippen MR) is 61.1 cm³/mol. The van der Waals surface area contributed by atoms with E-state index >= 15 is 0 Å². The van der Waals surface area contributed by atoms with Crippen LogP contribution in [0.3, 0.4) is 0 Å². The Bertz CT molecular complexity index is 198. The van der Waals surface area contributed by atoms with Gasteiger partial charge in [-0.15, -0.1) is 0 Å². The van der Waals surface area contributed by atoms with Crippen LogP contribution in [0.4, 0.5) is 9.59 Å². The maximum atomic E-state index is 8.56. The topological polar surface area (TPSA) is 145 Å². The molecule has 0 aromatic rings. The standard InChI is InChI=1S/C8H16O2.2CH2O3/c1-2-7-5-3-4-6-8(7)10-9;2*2-1(3)4/h7-9H,2-6H2,1H3;2*(H2,2,3,4). The molecule has 0 amide bonds. The highest BCUT2D eigenvalue weighted by atomic mass is 17.1. The lowest BCUT2D eigenvalue weighted by Crippen LogP contribution is -2.25. The molecule has 0 aliphatic heterocycles. The lowest BCUT2D eigenvalue weighted by atomic mass is 9.85. The van der Waals surface area contributed by atoms with E-state index in [-0.39, 0.29) is 6.10 Å². The van der Waals surface area contributed by atoms with Crippen molar-refractivity contribution in [3.05, 3.63) is 0 Å². The molecule has 1 aliphatic carbocycles. The molecular weight excluding hydrogens is 248 g/mol. The maximum absolute atomic E-state index is 8.56. The summed E-state index contributed by atoms with van der Waals surface area (Å²) in [5, 5.41) is 36.4. The summed E-state index contributed by atoms with van der Waals surface area (Å²) in [4.78, 5) is 21.5. The maximum Gasteiger partial charge on any atom is 0.503 e. The summed E-state index contributed by atoms with van der Waals surface area (Å²) in [5.74, 6) is 0.596. The molecule has 1 aliphatic rings. The summed E-state index contributed by atoms with van der Waals surface area (Å²) in [6.07, 6.45) is 2.36. The normalized spacial score (nSPS) is 21.7. The van der Waals surface area contributed by atoms with E-state index in [0.717, 1.165) is 12.8 Å². The largest absolute Gasteiger partial charge is 0.503 e. The van der Waals surface area contributed by atoms with Gasteiger partial charge in [0, 0.05) is 0 Å². The molecule has 0 bridgehead atoms. The fraction of sp³-hybridized carbons (Fsp3) is 0.800. The van der Waals surface area contributed by atoms with E-state index < -0.39 is 12.3 Å². The molecule has 2 unspecified atom stereocenters. The molecule has 108 valence electrons. The fourth-order valence-corrected chi connectivity index (χ4v) is 1.78. The van der Waals surface area contributed by atoms with Gasteiger partial charge in [-0.3, -0.25) is 5.26 Å². The van der Waals surface area contributed by atoms with Gasteiger partial charge in [0.2, 0.25) is 0 Å². The summed E-state index contributed by atoms with van der Waals surface area (Å²) in [7, 11) is 0. The van der Waals surface area contributed by atoms with E-state index in [4.69, 9.17) is 35.3 Å². The van der Waals surface area contributed by atoms with Crippen molar-refractivity contribution >= 4 is 12.3 Å². The van der Waals surface area contributed by atoms with Gasteiger partial charge < -0.3 is 20.4 Å². The third-order valence-electron chi connectivity index (χ3n) is 2.50. The van der Waals surface area contributed by atoms with Gasteiger partial charge in [-0.25, -0.2) is 14.5 Å². The summed E-state index contributed by atoms with van der Waals surface area (Å²) in [5.41, 5.74) is 0. The number of rotatable bonds is 2. The Balaban J connectivity index is 0. The first-order chi connectivity index (χ1) is 8.34. The van der Waals surface area contributed by atoms with Crippen molar-refractivity contribution in [3.63, 3.8) is 0 Å². The van der Waals surface area contributed by atoms with Crippen LogP contribution < -0.4 is 0 Å². The Morgan fingerprint density at radius 2 is 1.44 bits per heavy atom. The van der Waals surface area contributed by atoms with Crippen LogP contribution in [0, 0.1) is 5.92 Å². The second-order valence-electron chi connectivity index (χ2n) is 3.66. The number of carbonyl (C=O) groups is 2. The molecule has 0 aromatic carbocycles. The number of hydrogen-bond acceptors (Lipinski definition) is 4. The third-order valence-corrected chi connectivity index (χ3v) is 2.50. The minimum absolute atomic E-state index is 0.124. The van der Waals surface area contributed by atoms with Crippen molar-refractivity contribution in [1.29, 1.82) is 0 Å². The molecular formula is C10H20O8. The van der Waals surface area contributed by atoms with Gasteiger partial charge in [0.05, 0.1) is 6.10 Å². The molecule has 1 rings (SSSR count). The van der Waals surface area contributed by atoms with Gasteiger partial charge in [-0.1, -0.05) is 26.2 Å². The molecule has 2 atom stereocenters. The molecule has 5 N–H and O–H groups in total. The zero-order valence-electron chi connectivity index (χ0n) is 10.2. The smallest absolute Gasteiger partial charge is 0.450 e. The van der Waals surface area contributed by atoms with E-state index in [1.807, 2.05) is 0 Å². The van der Waals surface area contributed by atoms with Crippen molar-refractivity contribution in [2.24, 2.45) is 5.92 Å². The zero-order chi connectivity index (χ0) is 14.6. The van der Waals surface area contributed by atoms with Gasteiger partial charge in [0.15, 0.2) is 0 Å². The SMILES string of the molecule is CCC1CCCCC1OO.O=C(O)O.O=C(O)O. The van der Waals surface area contributed by atoms with Gasteiger partial charge in [-0.05, 0) is 18.8 Å². The van der Waals surface area contributed by atoms with Crippen molar-refractivity contribution in [1.82, 2.24) is 0 Å². The highest BCUT2D eigenvalue weighted by Crippen LogP contribution is 2.28. The summed E-state index contributed by atoms with van der Waals surface area (Å²) in [6.45, 7) is 2.15. The first kappa shape index (κ1) is 18.8. The fourth-order valence-electron chi connectivity index (χ4n) is 1.78. The first-order valence-corrected chi connectivity index (χ1v) is 5.49. The predicted octanol–water partition coefficient (Wildman–Crippen LogP) is 2.89. The van der Waals surface area contributed by atoms with Crippen LogP contribution in [0.2, 0.25) is 0 Å². The van der Waals surface area contributed by atoms with Crippen molar-refractivity contribution in [2.45, 2.75) is 45.1 Å². The highest BCUT2D eigenvalue weighted by Gasteiger charge is 2.23. The van der Waals surface area contributed by atoms with Crippen molar-refractivity contribution in [2.75, 3.05) is 0 Å². The van der Waals surface area contributed by atoms with Gasteiger partial charge >= 0.3 is 12.3 Å². The Morgan fingerprint density at radius 3 is 1.72 bits per heavy atom. The average molecular weight is 268 g/mol.